The quantitative estimate of drug-likeness (QED) is 0.867. The Labute approximate surface area is 120 Å². The minimum atomic E-state index is -0.0950. The monoisotopic (exact) mass is 283 g/mol. The van der Waals surface area contributed by atoms with Crippen molar-refractivity contribution in [3.63, 3.8) is 0 Å². The third-order valence-electron chi connectivity index (χ3n) is 2.76. The fourth-order valence-corrected chi connectivity index (χ4v) is 1.89. The van der Waals surface area contributed by atoms with Gasteiger partial charge in [0.1, 0.15) is 6.61 Å². The maximum Gasteiger partial charge on any atom is 0.246 e. The molecule has 0 fully saturated rings. The van der Waals surface area contributed by atoms with Gasteiger partial charge in [-0.2, -0.15) is 0 Å². The van der Waals surface area contributed by atoms with Gasteiger partial charge in [-0.25, -0.2) is 0 Å². The van der Waals surface area contributed by atoms with Gasteiger partial charge in [0.2, 0.25) is 5.91 Å². The molecular weight excluding hydrogens is 262 g/mol. The highest BCUT2D eigenvalue weighted by atomic mass is 35.5. The molecule has 0 aromatic heterocycles. The van der Waals surface area contributed by atoms with E-state index >= 15 is 0 Å². The van der Waals surface area contributed by atoms with Crippen molar-refractivity contribution in [1.82, 2.24) is 5.32 Å². The summed E-state index contributed by atoms with van der Waals surface area (Å²) in [4.78, 5) is 11.8. The van der Waals surface area contributed by atoms with Crippen LogP contribution in [0, 0.1) is 5.92 Å². The van der Waals surface area contributed by atoms with Gasteiger partial charge in [-0.05, 0) is 37.5 Å². The molecule has 4 heteroatoms. The number of benzene rings is 1. The summed E-state index contributed by atoms with van der Waals surface area (Å²) < 4.78 is 5.31. The van der Waals surface area contributed by atoms with Crippen molar-refractivity contribution in [2.45, 2.75) is 39.8 Å². The second-order valence-electron chi connectivity index (χ2n) is 5.20. The van der Waals surface area contributed by atoms with Crippen LogP contribution in [0.2, 0.25) is 5.02 Å². The summed E-state index contributed by atoms with van der Waals surface area (Å²) in [5.74, 6) is 0.200. The highest BCUT2D eigenvalue weighted by Crippen LogP contribution is 2.23. The Bertz CT molecular complexity index is 401. The minimum absolute atomic E-state index is 0.0273. The minimum Gasteiger partial charge on any atom is -0.369 e. The van der Waals surface area contributed by atoms with E-state index in [0.29, 0.717) is 10.9 Å². The maximum absolute atomic E-state index is 11.8. The van der Waals surface area contributed by atoms with Crippen LogP contribution in [0.4, 0.5) is 0 Å². The van der Waals surface area contributed by atoms with Crippen LogP contribution < -0.4 is 5.32 Å². The van der Waals surface area contributed by atoms with E-state index in [-0.39, 0.29) is 24.7 Å². The van der Waals surface area contributed by atoms with Gasteiger partial charge < -0.3 is 10.1 Å². The number of halogens is 1. The van der Waals surface area contributed by atoms with E-state index in [1.54, 1.807) is 0 Å². The number of hydrogen-bond donors (Lipinski definition) is 1. The molecule has 0 aliphatic carbocycles. The molecule has 1 atom stereocenters. The summed E-state index contributed by atoms with van der Waals surface area (Å²) in [6, 6.07) is 7.53. The normalized spacial score (nSPS) is 12.8. The Balaban J connectivity index is 2.68. The molecule has 1 unspecified atom stereocenters. The van der Waals surface area contributed by atoms with E-state index in [0.717, 1.165) is 5.56 Å². The first-order valence-electron chi connectivity index (χ1n) is 6.56. The largest absolute Gasteiger partial charge is 0.369 e. The molecule has 0 bridgehead atoms. The molecule has 0 heterocycles. The zero-order valence-corrected chi connectivity index (χ0v) is 12.7. The van der Waals surface area contributed by atoms with E-state index in [1.165, 1.54) is 0 Å². The summed E-state index contributed by atoms with van der Waals surface area (Å²) >= 11 is 5.88. The predicted molar refractivity (Wildman–Crippen MR) is 78.3 cm³/mol. The average Bonchev–Trinajstić information content (AvgIpc) is 2.34. The molecule has 0 radical (unpaired) electrons. The number of nitrogens with one attached hydrogen (secondary N) is 1. The molecule has 3 nitrogen and oxygen atoms in total. The molecule has 1 amide bonds. The first-order valence-corrected chi connectivity index (χ1v) is 6.94. The topological polar surface area (TPSA) is 38.3 Å². The van der Waals surface area contributed by atoms with Gasteiger partial charge in [0, 0.05) is 5.02 Å². The second-order valence-corrected chi connectivity index (χ2v) is 5.64. The van der Waals surface area contributed by atoms with E-state index < -0.39 is 0 Å². The Morgan fingerprint density at radius 1 is 1.21 bits per heavy atom. The van der Waals surface area contributed by atoms with Gasteiger partial charge in [0.05, 0.1) is 12.1 Å². The molecule has 19 heavy (non-hydrogen) atoms. The number of rotatable bonds is 6. The van der Waals surface area contributed by atoms with Gasteiger partial charge >= 0.3 is 0 Å². The molecule has 0 spiro atoms. The maximum atomic E-state index is 11.8. The fraction of sp³-hybridized carbons (Fsp3) is 0.533. The Hall–Kier alpha value is -1.06. The lowest BCUT2D eigenvalue weighted by atomic mass is 9.96. The van der Waals surface area contributed by atoms with Crippen molar-refractivity contribution in [3.8, 4) is 0 Å². The highest BCUT2D eigenvalue weighted by Gasteiger charge is 2.18. The van der Waals surface area contributed by atoms with Crippen molar-refractivity contribution in [3.05, 3.63) is 34.9 Å². The van der Waals surface area contributed by atoms with Crippen LogP contribution in [0.25, 0.3) is 0 Å². The van der Waals surface area contributed by atoms with Crippen molar-refractivity contribution < 1.29 is 9.53 Å². The summed E-state index contributed by atoms with van der Waals surface area (Å²) in [7, 11) is 0. The summed E-state index contributed by atoms with van der Waals surface area (Å²) in [6.45, 7) is 8.05. The van der Waals surface area contributed by atoms with Crippen LogP contribution in [-0.4, -0.2) is 18.6 Å². The van der Waals surface area contributed by atoms with Crippen molar-refractivity contribution in [1.29, 1.82) is 0 Å². The van der Waals surface area contributed by atoms with Crippen molar-refractivity contribution in [2.24, 2.45) is 5.92 Å². The van der Waals surface area contributed by atoms with Crippen LogP contribution in [0.15, 0.2) is 24.3 Å². The van der Waals surface area contributed by atoms with Gasteiger partial charge in [0.15, 0.2) is 0 Å². The highest BCUT2D eigenvalue weighted by molar-refractivity contribution is 6.30. The second kappa shape index (κ2) is 7.51. The van der Waals surface area contributed by atoms with Gasteiger partial charge in [0.25, 0.3) is 0 Å². The zero-order chi connectivity index (χ0) is 14.4. The molecule has 1 N–H and O–H groups in total. The van der Waals surface area contributed by atoms with Gasteiger partial charge in [-0.3, -0.25) is 4.79 Å². The third-order valence-corrected chi connectivity index (χ3v) is 3.01. The van der Waals surface area contributed by atoms with Crippen LogP contribution in [0.3, 0.4) is 0 Å². The Morgan fingerprint density at radius 3 is 2.26 bits per heavy atom. The first-order chi connectivity index (χ1) is 8.90. The van der Waals surface area contributed by atoms with Crippen LogP contribution in [0.5, 0.6) is 0 Å². The fourth-order valence-electron chi connectivity index (χ4n) is 1.76. The van der Waals surface area contributed by atoms with Crippen molar-refractivity contribution in [2.75, 3.05) is 6.61 Å². The molecule has 1 aromatic rings. The molecule has 1 rings (SSSR count). The SMILES string of the molecule is CC(C)OCC(=O)NC(c1ccc(Cl)cc1)C(C)C. The number of amides is 1. The average molecular weight is 284 g/mol. The molecule has 0 saturated heterocycles. The van der Waals surface area contributed by atoms with E-state index in [4.69, 9.17) is 16.3 Å². The standard InChI is InChI=1S/C15H22ClNO2/c1-10(2)15(12-5-7-13(16)8-6-12)17-14(18)9-19-11(3)4/h5-8,10-11,15H,9H2,1-4H3,(H,17,18). The molecule has 106 valence electrons. The third kappa shape index (κ3) is 5.62. The number of carbonyl (C=O) groups is 1. The van der Waals surface area contributed by atoms with Gasteiger partial charge in [-0.1, -0.05) is 37.6 Å². The lowest BCUT2D eigenvalue weighted by Crippen LogP contribution is -2.35. The number of ether oxygens (including phenoxy) is 1. The van der Waals surface area contributed by atoms with Crippen LogP contribution >= 0.6 is 11.6 Å². The predicted octanol–water partition coefficient (Wildman–Crippen LogP) is 3.58. The molecular formula is C15H22ClNO2. The summed E-state index contributed by atoms with van der Waals surface area (Å²) in [5.41, 5.74) is 1.05. The molecule has 0 aliphatic rings. The van der Waals surface area contributed by atoms with Crippen LogP contribution in [0.1, 0.15) is 39.3 Å². The lowest BCUT2D eigenvalue weighted by molar-refractivity contribution is -0.128. The lowest BCUT2D eigenvalue weighted by Gasteiger charge is -2.23. The van der Waals surface area contributed by atoms with Crippen molar-refractivity contribution >= 4 is 17.5 Å². The van der Waals surface area contributed by atoms with Crippen LogP contribution in [-0.2, 0) is 9.53 Å². The number of hydrogen-bond acceptors (Lipinski definition) is 2. The Morgan fingerprint density at radius 2 is 1.79 bits per heavy atom. The number of carbonyl (C=O) groups excluding carboxylic acids is 1. The zero-order valence-electron chi connectivity index (χ0n) is 11.9. The molecule has 1 aromatic carbocycles. The Kier molecular flexibility index (Phi) is 6.32. The van der Waals surface area contributed by atoms with E-state index in [2.05, 4.69) is 19.2 Å². The summed E-state index contributed by atoms with van der Waals surface area (Å²) in [6.07, 6.45) is 0.0544. The van der Waals surface area contributed by atoms with Gasteiger partial charge in [-0.15, -0.1) is 0 Å². The first kappa shape index (κ1) is 16.0. The smallest absolute Gasteiger partial charge is 0.246 e. The summed E-state index contributed by atoms with van der Waals surface area (Å²) in [5, 5.41) is 3.70. The van der Waals surface area contributed by atoms with E-state index in [9.17, 15) is 4.79 Å². The van der Waals surface area contributed by atoms with E-state index in [1.807, 2.05) is 38.1 Å². The molecule has 0 aliphatic heterocycles. The molecule has 0 saturated carbocycles.